The largest absolute Gasteiger partial charge is 0.506 e. The molecular weight excluding hydrogens is 444 g/mol. The van der Waals surface area contributed by atoms with E-state index in [0.717, 1.165) is 17.4 Å². The second-order valence-electron chi connectivity index (χ2n) is 7.93. The molecule has 3 aromatic rings. The van der Waals surface area contributed by atoms with E-state index >= 15 is 0 Å². The number of rotatable bonds is 9. The molecule has 0 fully saturated rings. The van der Waals surface area contributed by atoms with Gasteiger partial charge in [-0.1, -0.05) is 42.5 Å². The number of fused-ring (bicyclic) bond motifs is 1. The Morgan fingerprint density at radius 3 is 2.45 bits per heavy atom. The number of aliphatic hydroxyl groups is 1. The van der Waals surface area contributed by atoms with Gasteiger partial charge in [0.15, 0.2) is 11.5 Å². The average Bonchev–Trinajstić information content (AvgIpc) is 3.25. The highest BCUT2D eigenvalue weighted by atomic mass is 32.2. The number of nitrogens with one attached hydrogen (secondary N) is 2. The third-order valence-electron chi connectivity index (χ3n) is 5.34. The van der Waals surface area contributed by atoms with Crippen LogP contribution in [0.3, 0.4) is 0 Å². The number of phenols is 1. The third-order valence-corrected chi connectivity index (χ3v) is 5.93. The average molecular weight is 471 g/mol. The maximum atomic E-state index is 11.5. The maximum absolute atomic E-state index is 11.5. The van der Waals surface area contributed by atoms with Crippen molar-refractivity contribution in [3.63, 3.8) is 0 Å². The van der Waals surface area contributed by atoms with E-state index in [4.69, 9.17) is 9.47 Å². The van der Waals surface area contributed by atoms with E-state index in [1.165, 1.54) is 12.1 Å². The zero-order valence-electron chi connectivity index (χ0n) is 18.1. The van der Waals surface area contributed by atoms with Gasteiger partial charge in [-0.15, -0.1) is 0 Å². The summed E-state index contributed by atoms with van der Waals surface area (Å²) in [6.07, 6.45) is 0.748. The fourth-order valence-electron chi connectivity index (χ4n) is 3.70. The molecule has 4 N–H and O–H groups in total. The Labute approximate surface area is 192 Å². The van der Waals surface area contributed by atoms with Crippen LogP contribution in [-0.4, -0.2) is 38.2 Å². The molecule has 3 aromatic carbocycles. The number of hydrogen-bond acceptors (Lipinski definition) is 7. The zero-order valence-corrected chi connectivity index (χ0v) is 18.9. The van der Waals surface area contributed by atoms with Crippen LogP contribution < -0.4 is 19.5 Å². The highest BCUT2D eigenvalue weighted by molar-refractivity contribution is 7.92. The molecule has 1 aliphatic rings. The van der Waals surface area contributed by atoms with Crippen molar-refractivity contribution in [2.75, 3.05) is 24.3 Å². The Hall–Kier alpha value is -3.27. The lowest BCUT2D eigenvalue weighted by molar-refractivity contribution is 0.169. The number of aromatic hydroxyl groups is 1. The second-order valence-corrected chi connectivity index (χ2v) is 9.68. The van der Waals surface area contributed by atoms with Gasteiger partial charge in [0.2, 0.25) is 16.8 Å². The van der Waals surface area contributed by atoms with Gasteiger partial charge in [0.1, 0.15) is 5.75 Å². The zero-order chi connectivity index (χ0) is 23.4. The standard InChI is InChI=1S/C24H26N2O6S/c1-33(29,30)26-20-12-18(7-9-21(20)27)22(28)14-25-19(11-16-5-3-2-4-6-16)17-8-10-23-24(13-17)32-15-31-23/h2-10,12-13,19,22,25-28H,11,14-15H2,1H3/t19-,22-/m1/s1. The van der Waals surface area contributed by atoms with Gasteiger partial charge in [0.25, 0.3) is 0 Å². The van der Waals surface area contributed by atoms with Crippen LogP contribution in [0.1, 0.15) is 28.8 Å². The van der Waals surface area contributed by atoms with Gasteiger partial charge in [-0.3, -0.25) is 4.72 Å². The van der Waals surface area contributed by atoms with Crippen LogP contribution in [0.25, 0.3) is 0 Å². The molecule has 33 heavy (non-hydrogen) atoms. The van der Waals surface area contributed by atoms with Crippen LogP contribution in [0.15, 0.2) is 66.7 Å². The summed E-state index contributed by atoms with van der Waals surface area (Å²) in [5.41, 5.74) is 2.60. The summed E-state index contributed by atoms with van der Waals surface area (Å²) in [7, 11) is -3.57. The maximum Gasteiger partial charge on any atom is 0.231 e. The summed E-state index contributed by atoms with van der Waals surface area (Å²) < 4.78 is 36.3. The number of phenolic OH excluding ortho intramolecular Hbond substituents is 1. The Kier molecular flexibility index (Phi) is 6.73. The predicted octanol–water partition coefficient (Wildman–Crippen LogP) is 3.10. The van der Waals surface area contributed by atoms with Crippen LogP contribution in [0.2, 0.25) is 0 Å². The molecular formula is C24H26N2O6S. The highest BCUT2D eigenvalue weighted by Gasteiger charge is 2.20. The summed E-state index contributed by atoms with van der Waals surface area (Å²) in [4.78, 5) is 0. The summed E-state index contributed by atoms with van der Waals surface area (Å²) in [5.74, 6) is 1.17. The first-order chi connectivity index (χ1) is 15.8. The summed E-state index contributed by atoms with van der Waals surface area (Å²) >= 11 is 0. The Balaban J connectivity index is 1.52. The first-order valence-corrected chi connectivity index (χ1v) is 12.3. The van der Waals surface area contributed by atoms with Gasteiger partial charge in [0.05, 0.1) is 18.0 Å². The molecule has 4 rings (SSSR count). The van der Waals surface area contributed by atoms with E-state index in [1.54, 1.807) is 6.07 Å². The van der Waals surface area contributed by atoms with Gasteiger partial charge in [-0.25, -0.2) is 8.42 Å². The van der Waals surface area contributed by atoms with Crippen LogP contribution in [0, 0.1) is 0 Å². The number of ether oxygens (including phenoxy) is 2. The Morgan fingerprint density at radius 2 is 1.70 bits per heavy atom. The van der Waals surface area contributed by atoms with Crippen molar-refractivity contribution in [2.24, 2.45) is 0 Å². The molecule has 0 amide bonds. The molecule has 0 aliphatic carbocycles. The summed E-state index contributed by atoms with van der Waals surface area (Å²) in [5, 5.41) is 24.1. The molecule has 0 spiro atoms. The van der Waals surface area contributed by atoms with Gasteiger partial charge >= 0.3 is 0 Å². The predicted molar refractivity (Wildman–Crippen MR) is 125 cm³/mol. The quantitative estimate of drug-likeness (QED) is 0.355. The molecule has 8 nitrogen and oxygen atoms in total. The summed E-state index contributed by atoms with van der Waals surface area (Å²) in [6.45, 7) is 0.397. The molecule has 0 bridgehead atoms. The monoisotopic (exact) mass is 470 g/mol. The van der Waals surface area contributed by atoms with E-state index in [1.807, 2.05) is 48.5 Å². The number of anilines is 1. The lowest BCUT2D eigenvalue weighted by Crippen LogP contribution is -2.28. The second kappa shape index (κ2) is 9.70. The molecule has 1 aliphatic heterocycles. The van der Waals surface area contributed by atoms with Crippen LogP contribution in [-0.2, 0) is 16.4 Å². The highest BCUT2D eigenvalue weighted by Crippen LogP contribution is 2.35. The third kappa shape index (κ3) is 5.95. The number of sulfonamides is 1. The molecule has 1 heterocycles. The molecule has 0 unspecified atom stereocenters. The number of aliphatic hydroxyl groups excluding tert-OH is 1. The van der Waals surface area contributed by atoms with Crippen LogP contribution >= 0.6 is 0 Å². The fourth-order valence-corrected chi connectivity index (χ4v) is 4.26. The fraction of sp³-hybridized carbons (Fsp3) is 0.250. The smallest absolute Gasteiger partial charge is 0.231 e. The minimum absolute atomic E-state index is 0.0191. The normalized spacial score (nSPS) is 14.6. The van der Waals surface area contributed by atoms with Crippen molar-refractivity contribution < 1.29 is 28.1 Å². The SMILES string of the molecule is CS(=O)(=O)Nc1cc([C@H](O)CN[C@H](Cc2ccccc2)c2ccc3c(c2)OCO3)ccc1O. The number of hydrogen-bond donors (Lipinski definition) is 4. The van der Waals surface area contributed by atoms with Crippen molar-refractivity contribution in [3.8, 4) is 17.2 Å². The molecule has 0 aromatic heterocycles. The van der Waals surface area contributed by atoms with Crippen molar-refractivity contribution in [1.29, 1.82) is 0 Å². The lowest BCUT2D eigenvalue weighted by atomic mass is 9.97. The van der Waals surface area contributed by atoms with Crippen molar-refractivity contribution in [3.05, 3.63) is 83.4 Å². The molecule has 9 heteroatoms. The van der Waals surface area contributed by atoms with Crippen LogP contribution in [0.4, 0.5) is 5.69 Å². The first-order valence-electron chi connectivity index (χ1n) is 10.4. The van der Waals surface area contributed by atoms with Gasteiger partial charge < -0.3 is 25.0 Å². The van der Waals surface area contributed by atoms with E-state index in [0.29, 0.717) is 23.5 Å². The van der Waals surface area contributed by atoms with E-state index in [-0.39, 0.29) is 30.8 Å². The minimum atomic E-state index is -3.57. The van der Waals surface area contributed by atoms with E-state index in [9.17, 15) is 18.6 Å². The topological polar surface area (TPSA) is 117 Å². The Bertz CT molecular complexity index is 1220. The lowest BCUT2D eigenvalue weighted by Gasteiger charge is -2.22. The Morgan fingerprint density at radius 1 is 0.970 bits per heavy atom. The molecule has 174 valence electrons. The van der Waals surface area contributed by atoms with Gasteiger partial charge in [-0.2, -0.15) is 0 Å². The summed E-state index contributed by atoms with van der Waals surface area (Å²) in [6, 6.07) is 20.0. The van der Waals surface area contributed by atoms with Crippen molar-refractivity contribution >= 4 is 15.7 Å². The molecule has 2 atom stereocenters. The van der Waals surface area contributed by atoms with Gasteiger partial charge in [-0.05, 0) is 47.4 Å². The van der Waals surface area contributed by atoms with Crippen molar-refractivity contribution in [2.45, 2.75) is 18.6 Å². The number of benzene rings is 3. The minimum Gasteiger partial charge on any atom is -0.506 e. The van der Waals surface area contributed by atoms with Gasteiger partial charge in [0, 0.05) is 12.6 Å². The molecule has 0 radical (unpaired) electrons. The first kappa shape index (κ1) is 22.9. The van der Waals surface area contributed by atoms with Crippen LogP contribution in [0.5, 0.6) is 17.2 Å². The van der Waals surface area contributed by atoms with Crippen molar-refractivity contribution in [1.82, 2.24) is 5.32 Å². The molecule has 0 saturated heterocycles. The van der Waals surface area contributed by atoms with E-state index in [2.05, 4.69) is 10.0 Å². The molecule has 0 saturated carbocycles. The van der Waals surface area contributed by atoms with E-state index < -0.39 is 16.1 Å².